The summed E-state index contributed by atoms with van der Waals surface area (Å²) in [5.74, 6) is -1.52. The number of carboxylic acid groups (broad SMARTS) is 1. The highest BCUT2D eigenvalue weighted by molar-refractivity contribution is 5.71. The zero-order chi connectivity index (χ0) is 20.7. The predicted octanol–water partition coefficient (Wildman–Crippen LogP) is 3.53. The molecule has 0 aliphatic heterocycles. The van der Waals surface area contributed by atoms with Crippen molar-refractivity contribution in [2.45, 2.75) is 83.3 Å². The monoisotopic (exact) mass is 386 g/mol. The summed E-state index contributed by atoms with van der Waals surface area (Å²) >= 11 is 0. The SMILES string of the molecule is CCCC/C=C\CCCCCC(O)CC(=O)OC(CC(=O)O)C[N+](C)(C)C. The van der Waals surface area contributed by atoms with Gasteiger partial charge in [-0.3, -0.25) is 9.59 Å². The number of unbranched alkanes of at least 4 members (excludes halogenated alkanes) is 5. The molecule has 0 spiro atoms. The van der Waals surface area contributed by atoms with Gasteiger partial charge in [-0.05, 0) is 25.7 Å². The molecule has 2 atom stereocenters. The maximum absolute atomic E-state index is 12.0. The van der Waals surface area contributed by atoms with Crippen molar-refractivity contribution in [1.29, 1.82) is 0 Å². The van der Waals surface area contributed by atoms with Crippen LogP contribution in [0.4, 0.5) is 0 Å². The first-order valence-electron chi connectivity index (χ1n) is 10.2. The lowest BCUT2D eigenvalue weighted by atomic mass is 10.1. The molecule has 0 aromatic carbocycles. The van der Waals surface area contributed by atoms with Crippen LogP contribution in [-0.4, -0.2) is 66.5 Å². The molecule has 0 heterocycles. The third-order valence-corrected chi connectivity index (χ3v) is 4.15. The molecule has 0 rings (SSSR count). The molecule has 2 N–H and O–H groups in total. The van der Waals surface area contributed by atoms with E-state index < -0.39 is 24.1 Å². The van der Waals surface area contributed by atoms with Gasteiger partial charge in [0.1, 0.15) is 6.54 Å². The molecule has 6 nitrogen and oxygen atoms in total. The Morgan fingerprint density at radius 1 is 1.00 bits per heavy atom. The van der Waals surface area contributed by atoms with Crippen LogP contribution in [0.1, 0.15) is 71.1 Å². The first kappa shape index (κ1) is 25.6. The lowest BCUT2D eigenvalue weighted by Crippen LogP contribution is -2.44. The Hall–Kier alpha value is -1.40. The Morgan fingerprint density at radius 3 is 2.19 bits per heavy atom. The highest BCUT2D eigenvalue weighted by Crippen LogP contribution is 2.12. The predicted molar refractivity (Wildman–Crippen MR) is 107 cm³/mol. The van der Waals surface area contributed by atoms with Gasteiger partial charge in [-0.25, -0.2) is 0 Å². The fourth-order valence-corrected chi connectivity index (χ4v) is 2.85. The normalized spacial score (nSPS) is 14.3. The molecule has 6 heteroatoms. The van der Waals surface area contributed by atoms with Crippen molar-refractivity contribution in [3.8, 4) is 0 Å². The third-order valence-electron chi connectivity index (χ3n) is 4.15. The Bertz CT molecular complexity index is 442. The summed E-state index contributed by atoms with van der Waals surface area (Å²) in [5, 5.41) is 19.0. The Labute approximate surface area is 164 Å². The van der Waals surface area contributed by atoms with Gasteiger partial charge in [-0.1, -0.05) is 44.8 Å². The molecule has 2 unspecified atom stereocenters. The van der Waals surface area contributed by atoms with E-state index in [0.717, 1.165) is 32.1 Å². The summed E-state index contributed by atoms with van der Waals surface area (Å²) < 4.78 is 5.80. The number of carbonyl (C=O) groups is 2. The van der Waals surface area contributed by atoms with Crippen molar-refractivity contribution in [2.24, 2.45) is 0 Å². The highest BCUT2D eigenvalue weighted by Gasteiger charge is 2.25. The number of quaternary nitrogens is 1. The summed E-state index contributed by atoms with van der Waals surface area (Å²) in [5.41, 5.74) is 0. The number of hydrogen-bond donors (Lipinski definition) is 2. The van der Waals surface area contributed by atoms with E-state index in [1.165, 1.54) is 12.8 Å². The molecule has 0 fully saturated rings. The van der Waals surface area contributed by atoms with Gasteiger partial charge < -0.3 is 19.4 Å². The van der Waals surface area contributed by atoms with Gasteiger partial charge in [0.2, 0.25) is 0 Å². The van der Waals surface area contributed by atoms with E-state index in [1.54, 1.807) is 0 Å². The molecule has 0 saturated carbocycles. The van der Waals surface area contributed by atoms with Crippen LogP contribution in [0, 0.1) is 0 Å². The zero-order valence-corrected chi connectivity index (χ0v) is 17.7. The molecule has 0 radical (unpaired) electrons. The number of allylic oxidation sites excluding steroid dienone is 2. The van der Waals surface area contributed by atoms with E-state index >= 15 is 0 Å². The molecular formula is C21H40NO5+. The second-order valence-electron chi connectivity index (χ2n) is 8.29. The van der Waals surface area contributed by atoms with Crippen LogP contribution in [0.25, 0.3) is 0 Å². The van der Waals surface area contributed by atoms with Crippen molar-refractivity contribution in [2.75, 3.05) is 27.7 Å². The minimum absolute atomic E-state index is 0.0792. The van der Waals surface area contributed by atoms with Crippen molar-refractivity contribution in [1.82, 2.24) is 0 Å². The van der Waals surface area contributed by atoms with Crippen molar-refractivity contribution in [3.05, 3.63) is 12.2 Å². The van der Waals surface area contributed by atoms with E-state index in [-0.39, 0.29) is 12.8 Å². The molecule has 0 saturated heterocycles. The minimum atomic E-state index is -0.995. The number of carboxylic acids is 1. The fraction of sp³-hybridized carbons (Fsp3) is 0.810. The molecular weight excluding hydrogens is 346 g/mol. The summed E-state index contributed by atoms with van der Waals surface area (Å²) in [6.07, 6.45) is 11.0. The number of aliphatic hydroxyl groups excluding tert-OH is 1. The lowest BCUT2D eigenvalue weighted by molar-refractivity contribution is -0.873. The van der Waals surface area contributed by atoms with Crippen LogP contribution in [0.5, 0.6) is 0 Å². The molecule has 27 heavy (non-hydrogen) atoms. The summed E-state index contributed by atoms with van der Waals surface area (Å²) in [4.78, 5) is 22.9. The molecule has 0 aromatic rings. The highest BCUT2D eigenvalue weighted by atomic mass is 16.5. The van der Waals surface area contributed by atoms with Crippen LogP contribution in [0.15, 0.2) is 12.2 Å². The van der Waals surface area contributed by atoms with Gasteiger partial charge in [0.05, 0.1) is 40.1 Å². The number of ether oxygens (including phenoxy) is 1. The molecule has 0 amide bonds. The quantitative estimate of drug-likeness (QED) is 0.183. The Balaban J connectivity index is 4.00. The van der Waals surface area contributed by atoms with Crippen LogP contribution in [-0.2, 0) is 14.3 Å². The van der Waals surface area contributed by atoms with E-state index in [4.69, 9.17) is 9.84 Å². The molecule has 0 aliphatic carbocycles. The average molecular weight is 387 g/mol. The lowest BCUT2D eigenvalue weighted by Gasteiger charge is -2.28. The molecule has 0 bridgehead atoms. The smallest absolute Gasteiger partial charge is 0.308 e. The average Bonchev–Trinajstić information content (AvgIpc) is 2.50. The number of aliphatic carboxylic acids is 1. The van der Waals surface area contributed by atoms with E-state index in [0.29, 0.717) is 17.4 Å². The first-order chi connectivity index (χ1) is 12.6. The van der Waals surface area contributed by atoms with E-state index in [9.17, 15) is 14.7 Å². The van der Waals surface area contributed by atoms with Crippen LogP contribution in [0.3, 0.4) is 0 Å². The molecule has 0 aliphatic rings. The largest absolute Gasteiger partial charge is 0.481 e. The van der Waals surface area contributed by atoms with Gasteiger partial charge >= 0.3 is 11.9 Å². The van der Waals surface area contributed by atoms with Crippen molar-refractivity contribution >= 4 is 11.9 Å². The third kappa shape index (κ3) is 17.8. The summed E-state index contributed by atoms with van der Waals surface area (Å²) in [7, 11) is 5.74. The second-order valence-corrected chi connectivity index (χ2v) is 8.29. The van der Waals surface area contributed by atoms with Crippen molar-refractivity contribution in [3.63, 3.8) is 0 Å². The van der Waals surface area contributed by atoms with Gasteiger partial charge in [0.25, 0.3) is 0 Å². The van der Waals surface area contributed by atoms with E-state index in [2.05, 4.69) is 19.1 Å². The van der Waals surface area contributed by atoms with E-state index in [1.807, 2.05) is 21.1 Å². The zero-order valence-electron chi connectivity index (χ0n) is 17.7. The maximum Gasteiger partial charge on any atom is 0.308 e. The fourth-order valence-electron chi connectivity index (χ4n) is 2.85. The first-order valence-corrected chi connectivity index (χ1v) is 10.2. The number of likely N-dealkylation sites (N-methyl/N-ethyl adjacent to an activating group) is 1. The van der Waals surface area contributed by atoms with Gasteiger partial charge in [-0.15, -0.1) is 0 Å². The topological polar surface area (TPSA) is 83.8 Å². The number of nitrogens with zero attached hydrogens (tertiary/aromatic N) is 1. The number of hydrogen-bond acceptors (Lipinski definition) is 4. The van der Waals surface area contributed by atoms with Gasteiger partial charge in [-0.2, -0.15) is 0 Å². The van der Waals surface area contributed by atoms with Crippen LogP contribution in [0.2, 0.25) is 0 Å². The number of carbonyl (C=O) groups excluding carboxylic acids is 1. The van der Waals surface area contributed by atoms with Crippen LogP contribution < -0.4 is 0 Å². The molecule has 0 aromatic heterocycles. The number of aliphatic hydroxyl groups is 1. The molecule has 158 valence electrons. The second kappa shape index (κ2) is 14.6. The Kier molecular flexibility index (Phi) is 13.9. The summed E-state index contributed by atoms with van der Waals surface area (Å²) in [6.45, 7) is 2.60. The number of esters is 1. The van der Waals surface area contributed by atoms with Crippen LogP contribution >= 0.6 is 0 Å². The number of rotatable bonds is 16. The van der Waals surface area contributed by atoms with Crippen molar-refractivity contribution < 1.29 is 29.0 Å². The Morgan fingerprint density at radius 2 is 1.63 bits per heavy atom. The van der Waals surface area contributed by atoms with Gasteiger partial charge in [0.15, 0.2) is 6.10 Å². The van der Waals surface area contributed by atoms with Gasteiger partial charge in [0, 0.05) is 0 Å². The minimum Gasteiger partial charge on any atom is -0.481 e. The maximum atomic E-state index is 12.0. The standard InChI is InChI=1S/C21H39NO5/c1-5-6-7-8-9-10-11-12-13-14-18(23)15-21(26)27-19(16-20(24)25)17-22(2,3)4/h8-9,18-19,23H,5-7,10-17H2,1-4H3/p+1/b9-8-. The summed E-state index contributed by atoms with van der Waals surface area (Å²) in [6, 6.07) is 0.